The molecular formula is C14H20ClNO. The lowest BCUT2D eigenvalue weighted by atomic mass is 9.91. The van der Waals surface area contributed by atoms with Gasteiger partial charge in [0, 0.05) is 17.1 Å². The zero-order chi connectivity index (χ0) is 12.3. The van der Waals surface area contributed by atoms with Gasteiger partial charge in [0.2, 0.25) is 0 Å². The van der Waals surface area contributed by atoms with Gasteiger partial charge in [0.15, 0.2) is 0 Å². The van der Waals surface area contributed by atoms with Gasteiger partial charge in [-0.25, -0.2) is 0 Å². The maximum atomic E-state index is 9.93. The maximum Gasteiger partial charge on any atom is 0.0693 e. The third kappa shape index (κ3) is 3.44. The smallest absolute Gasteiger partial charge is 0.0693 e. The van der Waals surface area contributed by atoms with E-state index in [0.29, 0.717) is 0 Å². The molecule has 17 heavy (non-hydrogen) atoms. The van der Waals surface area contributed by atoms with Crippen molar-refractivity contribution in [3.8, 4) is 0 Å². The molecule has 0 saturated heterocycles. The minimum absolute atomic E-state index is 0.203. The average molecular weight is 254 g/mol. The van der Waals surface area contributed by atoms with Gasteiger partial charge in [-0.3, -0.25) is 0 Å². The Balaban J connectivity index is 1.98. The standard InChI is InChI=1S/C14H20ClNO/c1-10(11-5-4-6-12(15)9-11)16-13-7-2-3-8-14(13)17/h4-6,9-10,13-14,16-17H,2-3,7-8H2,1H3/t10-,13+,14+/m0/s1. The van der Waals surface area contributed by atoms with Gasteiger partial charge in [0.25, 0.3) is 0 Å². The Labute approximate surface area is 108 Å². The fourth-order valence-corrected chi connectivity index (χ4v) is 2.70. The monoisotopic (exact) mass is 253 g/mol. The van der Waals surface area contributed by atoms with Crippen LogP contribution in [0.5, 0.6) is 0 Å². The highest BCUT2D eigenvalue weighted by Gasteiger charge is 2.24. The van der Waals surface area contributed by atoms with Crippen LogP contribution < -0.4 is 5.32 Å². The molecule has 2 rings (SSSR count). The van der Waals surface area contributed by atoms with Crippen LogP contribution in [0.15, 0.2) is 24.3 Å². The third-order valence-electron chi connectivity index (χ3n) is 3.54. The summed E-state index contributed by atoms with van der Waals surface area (Å²) in [6.07, 6.45) is 4.12. The Morgan fingerprint density at radius 2 is 2.12 bits per heavy atom. The molecule has 0 aromatic heterocycles. The quantitative estimate of drug-likeness (QED) is 0.867. The van der Waals surface area contributed by atoms with Crippen molar-refractivity contribution in [1.29, 1.82) is 0 Å². The number of halogens is 1. The normalized spacial score (nSPS) is 26.8. The predicted octanol–water partition coefficient (Wildman–Crippen LogP) is 3.29. The van der Waals surface area contributed by atoms with Crippen LogP contribution in [0.25, 0.3) is 0 Å². The molecular weight excluding hydrogens is 234 g/mol. The number of aliphatic hydroxyl groups excluding tert-OH is 1. The largest absolute Gasteiger partial charge is 0.392 e. The Kier molecular flexibility index (Phi) is 4.43. The molecule has 1 aromatic rings. The Morgan fingerprint density at radius 1 is 1.35 bits per heavy atom. The van der Waals surface area contributed by atoms with Crippen molar-refractivity contribution >= 4 is 11.6 Å². The number of aliphatic hydroxyl groups is 1. The first kappa shape index (κ1) is 12.9. The molecule has 94 valence electrons. The van der Waals surface area contributed by atoms with Crippen LogP contribution in [0, 0.1) is 0 Å². The third-order valence-corrected chi connectivity index (χ3v) is 3.78. The molecule has 1 saturated carbocycles. The molecule has 0 spiro atoms. The van der Waals surface area contributed by atoms with Crippen LogP contribution in [0.2, 0.25) is 5.02 Å². The lowest BCUT2D eigenvalue weighted by Gasteiger charge is -2.31. The van der Waals surface area contributed by atoms with E-state index in [1.807, 2.05) is 18.2 Å². The van der Waals surface area contributed by atoms with Gasteiger partial charge in [-0.2, -0.15) is 0 Å². The molecule has 0 bridgehead atoms. The molecule has 3 heteroatoms. The molecule has 0 aliphatic heterocycles. The second-order valence-corrected chi connectivity index (χ2v) is 5.34. The summed E-state index contributed by atoms with van der Waals surface area (Å²) in [5.41, 5.74) is 1.18. The van der Waals surface area contributed by atoms with Gasteiger partial charge in [-0.15, -0.1) is 0 Å². The summed E-state index contributed by atoms with van der Waals surface area (Å²) >= 11 is 5.98. The van der Waals surface area contributed by atoms with E-state index in [-0.39, 0.29) is 18.2 Å². The fourth-order valence-electron chi connectivity index (χ4n) is 2.50. The molecule has 1 aromatic carbocycles. The van der Waals surface area contributed by atoms with Gasteiger partial charge >= 0.3 is 0 Å². The summed E-state index contributed by atoms with van der Waals surface area (Å²) < 4.78 is 0. The summed E-state index contributed by atoms with van der Waals surface area (Å²) in [6.45, 7) is 2.12. The van der Waals surface area contributed by atoms with Crippen LogP contribution in [0.4, 0.5) is 0 Å². The molecule has 1 aliphatic carbocycles. The number of benzene rings is 1. The summed E-state index contributed by atoms with van der Waals surface area (Å²) in [6, 6.07) is 8.34. The van der Waals surface area contributed by atoms with Crippen molar-refractivity contribution in [2.24, 2.45) is 0 Å². The average Bonchev–Trinajstić information content (AvgIpc) is 2.32. The highest BCUT2D eigenvalue weighted by atomic mass is 35.5. The minimum atomic E-state index is -0.203. The topological polar surface area (TPSA) is 32.3 Å². The molecule has 0 radical (unpaired) electrons. The van der Waals surface area contributed by atoms with Crippen LogP contribution in [0.1, 0.15) is 44.2 Å². The number of hydrogen-bond acceptors (Lipinski definition) is 2. The van der Waals surface area contributed by atoms with Crippen molar-refractivity contribution in [3.63, 3.8) is 0 Å². The SMILES string of the molecule is C[C@H](N[C@@H]1CCCC[C@H]1O)c1cccc(Cl)c1. The molecule has 1 aliphatic rings. The number of hydrogen-bond donors (Lipinski definition) is 2. The van der Waals surface area contributed by atoms with E-state index in [2.05, 4.69) is 18.3 Å². The van der Waals surface area contributed by atoms with E-state index >= 15 is 0 Å². The van der Waals surface area contributed by atoms with Crippen LogP contribution in [-0.4, -0.2) is 17.3 Å². The molecule has 0 unspecified atom stereocenters. The Morgan fingerprint density at radius 3 is 2.82 bits per heavy atom. The summed E-state index contributed by atoms with van der Waals surface area (Å²) in [5.74, 6) is 0. The molecule has 2 N–H and O–H groups in total. The van der Waals surface area contributed by atoms with Crippen LogP contribution in [0.3, 0.4) is 0 Å². The lowest BCUT2D eigenvalue weighted by molar-refractivity contribution is 0.0860. The van der Waals surface area contributed by atoms with Crippen molar-refractivity contribution in [2.75, 3.05) is 0 Å². The second-order valence-electron chi connectivity index (χ2n) is 4.90. The van der Waals surface area contributed by atoms with Crippen molar-refractivity contribution in [2.45, 2.75) is 50.8 Å². The second kappa shape index (κ2) is 5.85. The molecule has 0 heterocycles. The zero-order valence-electron chi connectivity index (χ0n) is 10.2. The van der Waals surface area contributed by atoms with E-state index in [4.69, 9.17) is 11.6 Å². The molecule has 0 amide bonds. The van der Waals surface area contributed by atoms with Gasteiger partial charge < -0.3 is 10.4 Å². The summed E-state index contributed by atoms with van der Waals surface area (Å²) in [4.78, 5) is 0. The summed E-state index contributed by atoms with van der Waals surface area (Å²) in [7, 11) is 0. The number of nitrogens with one attached hydrogen (secondary N) is 1. The Hall–Kier alpha value is -0.570. The fraction of sp³-hybridized carbons (Fsp3) is 0.571. The van der Waals surface area contributed by atoms with Crippen molar-refractivity contribution in [1.82, 2.24) is 5.32 Å². The van der Waals surface area contributed by atoms with E-state index in [9.17, 15) is 5.11 Å². The van der Waals surface area contributed by atoms with E-state index in [0.717, 1.165) is 24.3 Å². The number of rotatable bonds is 3. The van der Waals surface area contributed by atoms with Crippen LogP contribution >= 0.6 is 11.6 Å². The minimum Gasteiger partial charge on any atom is -0.392 e. The molecule has 2 nitrogen and oxygen atoms in total. The first-order valence-electron chi connectivity index (χ1n) is 6.36. The molecule has 3 atom stereocenters. The van der Waals surface area contributed by atoms with Gasteiger partial charge in [-0.1, -0.05) is 36.6 Å². The van der Waals surface area contributed by atoms with E-state index in [1.54, 1.807) is 0 Å². The molecule has 1 fully saturated rings. The van der Waals surface area contributed by atoms with Gasteiger partial charge in [0.05, 0.1) is 6.10 Å². The summed E-state index contributed by atoms with van der Waals surface area (Å²) in [5, 5.41) is 14.2. The predicted molar refractivity (Wildman–Crippen MR) is 71.3 cm³/mol. The zero-order valence-corrected chi connectivity index (χ0v) is 11.0. The van der Waals surface area contributed by atoms with E-state index < -0.39 is 0 Å². The first-order valence-corrected chi connectivity index (χ1v) is 6.74. The van der Waals surface area contributed by atoms with E-state index in [1.165, 1.54) is 12.0 Å². The van der Waals surface area contributed by atoms with Gasteiger partial charge in [-0.05, 0) is 37.5 Å². The van der Waals surface area contributed by atoms with Crippen molar-refractivity contribution in [3.05, 3.63) is 34.9 Å². The van der Waals surface area contributed by atoms with Gasteiger partial charge in [0.1, 0.15) is 0 Å². The highest BCUT2D eigenvalue weighted by Crippen LogP contribution is 2.23. The highest BCUT2D eigenvalue weighted by molar-refractivity contribution is 6.30. The lowest BCUT2D eigenvalue weighted by Crippen LogP contribution is -2.43. The first-order chi connectivity index (χ1) is 8.16. The maximum absolute atomic E-state index is 9.93. The van der Waals surface area contributed by atoms with Crippen molar-refractivity contribution < 1.29 is 5.11 Å². The Bertz CT molecular complexity index is 369. The van der Waals surface area contributed by atoms with Crippen LogP contribution in [-0.2, 0) is 0 Å².